The van der Waals surface area contributed by atoms with Crippen LogP contribution in [0.25, 0.3) is 0 Å². The Kier molecular flexibility index (Phi) is 6.31. The Balaban J connectivity index is 2.58. The molecule has 1 aliphatic rings. The van der Waals surface area contributed by atoms with Gasteiger partial charge < -0.3 is 15.0 Å². The van der Waals surface area contributed by atoms with Gasteiger partial charge in [0.25, 0.3) is 0 Å². The highest BCUT2D eigenvalue weighted by molar-refractivity contribution is 5.68. The summed E-state index contributed by atoms with van der Waals surface area (Å²) in [5.74, 6) is 0.605. The zero-order valence-electron chi connectivity index (χ0n) is 14.0. The lowest BCUT2D eigenvalue weighted by atomic mass is 10.0. The van der Waals surface area contributed by atoms with Crippen molar-refractivity contribution in [3.63, 3.8) is 0 Å². The standard InChI is InChI=1S/C16H32N2O2/c1-12(2)13(3)17-14-9-7-8-10-18(11-14)15(19)20-16(4,5)6/h12-14,17H,7-11H2,1-6H3. The molecular weight excluding hydrogens is 252 g/mol. The van der Waals surface area contributed by atoms with Gasteiger partial charge in [0, 0.05) is 25.2 Å². The molecule has 2 unspecified atom stereocenters. The van der Waals surface area contributed by atoms with Gasteiger partial charge in [0.05, 0.1) is 0 Å². The Labute approximate surface area is 124 Å². The van der Waals surface area contributed by atoms with Crippen LogP contribution in [0.5, 0.6) is 0 Å². The molecule has 1 rings (SSSR count). The number of likely N-dealkylation sites (tertiary alicyclic amines) is 1. The van der Waals surface area contributed by atoms with Crippen LogP contribution in [0.15, 0.2) is 0 Å². The van der Waals surface area contributed by atoms with Gasteiger partial charge in [0.15, 0.2) is 0 Å². The van der Waals surface area contributed by atoms with E-state index >= 15 is 0 Å². The summed E-state index contributed by atoms with van der Waals surface area (Å²) in [4.78, 5) is 14.1. The van der Waals surface area contributed by atoms with Crippen molar-refractivity contribution in [1.29, 1.82) is 0 Å². The fraction of sp³-hybridized carbons (Fsp3) is 0.938. The number of rotatable bonds is 3. The Morgan fingerprint density at radius 2 is 1.90 bits per heavy atom. The number of hydrogen-bond acceptors (Lipinski definition) is 3. The number of nitrogens with one attached hydrogen (secondary N) is 1. The third kappa shape index (κ3) is 6.12. The van der Waals surface area contributed by atoms with E-state index < -0.39 is 5.60 Å². The van der Waals surface area contributed by atoms with Gasteiger partial charge >= 0.3 is 6.09 Å². The second kappa shape index (κ2) is 7.30. The number of carbonyl (C=O) groups is 1. The number of hydrogen-bond donors (Lipinski definition) is 1. The van der Waals surface area contributed by atoms with Crippen molar-refractivity contribution < 1.29 is 9.53 Å². The van der Waals surface area contributed by atoms with E-state index in [0.29, 0.717) is 18.0 Å². The minimum atomic E-state index is -0.419. The van der Waals surface area contributed by atoms with Crippen LogP contribution in [0, 0.1) is 5.92 Å². The molecule has 0 spiro atoms. The molecule has 2 atom stereocenters. The van der Waals surface area contributed by atoms with E-state index in [1.54, 1.807) is 0 Å². The zero-order valence-corrected chi connectivity index (χ0v) is 14.0. The minimum Gasteiger partial charge on any atom is -0.444 e. The van der Waals surface area contributed by atoms with Crippen molar-refractivity contribution in [3.05, 3.63) is 0 Å². The van der Waals surface area contributed by atoms with Gasteiger partial charge in [0.2, 0.25) is 0 Å². The van der Waals surface area contributed by atoms with Gasteiger partial charge in [0.1, 0.15) is 5.60 Å². The third-order valence-electron chi connectivity index (χ3n) is 3.82. The summed E-state index contributed by atoms with van der Waals surface area (Å²) in [5.41, 5.74) is -0.419. The minimum absolute atomic E-state index is 0.177. The van der Waals surface area contributed by atoms with Crippen LogP contribution in [0.1, 0.15) is 60.8 Å². The third-order valence-corrected chi connectivity index (χ3v) is 3.82. The summed E-state index contributed by atoms with van der Waals surface area (Å²) in [6, 6.07) is 0.848. The lowest BCUT2D eigenvalue weighted by molar-refractivity contribution is 0.0241. The fourth-order valence-corrected chi connectivity index (χ4v) is 2.33. The van der Waals surface area contributed by atoms with E-state index in [4.69, 9.17) is 4.74 Å². The first-order chi connectivity index (χ1) is 9.19. The van der Waals surface area contributed by atoms with Gasteiger partial charge in [-0.05, 0) is 46.5 Å². The number of nitrogens with zero attached hydrogens (tertiary/aromatic N) is 1. The molecule has 4 heteroatoms. The number of amides is 1. The molecule has 1 aliphatic heterocycles. The van der Waals surface area contributed by atoms with Gasteiger partial charge in [-0.15, -0.1) is 0 Å². The zero-order chi connectivity index (χ0) is 15.3. The highest BCUT2D eigenvalue weighted by atomic mass is 16.6. The van der Waals surface area contributed by atoms with Gasteiger partial charge in [-0.3, -0.25) is 0 Å². The van der Waals surface area contributed by atoms with Crippen molar-refractivity contribution >= 4 is 6.09 Å². The Bertz CT molecular complexity index is 310. The van der Waals surface area contributed by atoms with E-state index in [0.717, 1.165) is 25.9 Å². The molecule has 0 aromatic rings. The Morgan fingerprint density at radius 3 is 2.45 bits per heavy atom. The van der Waals surface area contributed by atoms with Gasteiger partial charge in [-0.2, -0.15) is 0 Å². The van der Waals surface area contributed by atoms with E-state index in [-0.39, 0.29) is 6.09 Å². The van der Waals surface area contributed by atoms with Crippen LogP contribution in [-0.2, 0) is 4.74 Å². The molecular formula is C16H32N2O2. The number of ether oxygens (including phenoxy) is 1. The van der Waals surface area contributed by atoms with Crippen LogP contribution < -0.4 is 5.32 Å². The molecule has 0 bridgehead atoms. The smallest absolute Gasteiger partial charge is 0.410 e. The normalized spacial score (nSPS) is 22.6. The second-order valence-electron chi connectivity index (χ2n) is 7.32. The van der Waals surface area contributed by atoms with Crippen molar-refractivity contribution in [3.8, 4) is 0 Å². The molecule has 0 aliphatic carbocycles. The first kappa shape index (κ1) is 17.3. The van der Waals surface area contributed by atoms with E-state index in [9.17, 15) is 4.79 Å². The molecule has 1 N–H and O–H groups in total. The molecule has 1 heterocycles. The Hall–Kier alpha value is -0.770. The van der Waals surface area contributed by atoms with Crippen LogP contribution >= 0.6 is 0 Å². The van der Waals surface area contributed by atoms with Crippen molar-refractivity contribution in [1.82, 2.24) is 10.2 Å². The van der Waals surface area contributed by atoms with Crippen LogP contribution in [0.3, 0.4) is 0 Å². The topological polar surface area (TPSA) is 41.6 Å². The summed E-state index contributed by atoms with van der Waals surface area (Å²) in [7, 11) is 0. The summed E-state index contributed by atoms with van der Waals surface area (Å²) in [5, 5.41) is 3.66. The maximum atomic E-state index is 12.2. The first-order valence-electron chi connectivity index (χ1n) is 7.93. The summed E-state index contributed by atoms with van der Waals surface area (Å²) in [6.45, 7) is 14.0. The van der Waals surface area contributed by atoms with Gasteiger partial charge in [-0.25, -0.2) is 4.79 Å². The molecule has 0 radical (unpaired) electrons. The predicted octanol–water partition coefficient (Wildman–Crippen LogP) is 3.41. The highest BCUT2D eigenvalue weighted by Gasteiger charge is 2.27. The Morgan fingerprint density at radius 1 is 1.25 bits per heavy atom. The lowest BCUT2D eigenvalue weighted by Gasteiger charge is -2.30. The van der Waals surface area contributed by atoms with Gasteiger partial charge in [-0.1, -0.05) is 20.3 Å². The SMILES string of the molecule is CC(C)C(C)NC1CCCCN(C(=O)OC(C)(C)C)C1. The van der Waals surface area contributed by atoms with Crippen molar-refractivity contribution in [2.75, 3.05) is 13.1 Å². The first-order valence-corrected chi connectivity index (χ1v) is 7.93. The summed E-state index contributed by atoms with van der Waals surface area (Å²) >= 11 is 0. The molecule has 118 valence electrons. The number of carbonyl (C=O) groups excluding carboxylic acids is 1. The predicted molar refractivity (Wildman–Crippen MR) is 82.9 cm³/mol. The molecule has 4 nitrogen and oxygen atoms in total. The molecule has 0 aromatic carbocycles. The van der Waals surface area contributed by atoms with Crippen molar-refractivity contribution in [2.24, 2.45) is 5.92 Å². The van der Waals surface area contributed by atoms with E-state index in [1.165, 1.54) is 6.42 Å². The summed E-state index contributed by atoms with van der Waals surface area (Å²) < 4.78 is 5.49. The van der Waals surface area contributed by atoms with Crippen LogP contribution in [0.2, 0.25) is 0 Å². The molecule has 20 heavy (non-hydrogen) atoms. The quantitative estimate of drug-likeness (QED) is 0.863. The molecule has 0 aromatic heterocycles. The molecule has 1 fully saturated rings. The fourth-order valence-electron chi connectivity index (χ4n) is 2.33. The lowest BCUT2D eigenvalue weighted by Crippen LogP contribution is -2.47. The highest BCUT2D eigenvalue weighted by Crippen LogP contribution is 2.16. The average Bonchev–Trinajstić information content (AvgIpc) is 2.52. The van der Waals surface area contributed by atoms with Crippen molar-refractivity contribution in [2.45, 2.75) is 78.5 Å². The monoisotopic (exact) mass is 284 g/mol. The summed E-state index contributed by atoms with van der Waals surface area (Å²) in [6.07, 6.45) is 3.19. The maximum absolute atomic E-state index is 12.2. The molecule has 0 saturated carbocycles. The van der Waals surface area contributed by atoms with Crippen LogP contribution in [0.4, 0.5) is 4.79 Å². The van der Waals surface area contributed by atoms with Crippen LogP contribution in [-0.4, -0.2) is 41.8 Å². The molecule has 1 saturated heterocycles. The van der Waals surface area contributed by atoms with E-state index in [2.05, 4.69) is 26.1 Å². The van der Waals surface area contributed by atoms with E-state index in [1.807, 2.05) is 25.7 Å². The molecule has 1 amide bonds. The largest absolute Gasteiger partial charge is 0.444 e. The average molecular weight is 284 g/mol. The second-order valence-corrected chi connectivity index (χ2v) is 7.32. The maximum Gasteiger partial charge on any atom is 0.410 e.